The minimum absolute atomic E-state index is 0.0366. The van der Waals surface area contributed by atoms with Crippen LogP contribution in [0.15, 0.2) is 77.8 Å². The standard InChI is InChI=1S/C50H81N3O16P2/c1-3-5-7-9-11-12-13-14-15-16-17-18-21-25-29-33-45(54)63-37-40(66-46(55)34-30-26-22-19-20-24-28-32-42-41(67-42)31-27-23-10-8-6-4-2)38-64-70(59,60)69-71(61,62)65-39-43-47(56)48(57)49(68-43)53-36-35-44(51)52-50(53)58/h11-12,14-15,19,22-24,27-28,35-36,40-43,47-49,56-57H,3-10,13,16-18,20-21,25-26,29-34,37-39H2,1-2H3,(H,59,60)(H,61,62)(H2,51,52,58)/b12-11-,15-14-,22-19-,27-23-,28-24-/t40-,41?,42?,43-,47-,48-,49-/m1/s1. The molecule has 0 bridgehead atoms. The molecule has 0 radical (unpaired) electrons. The average molecular weight is 1040 g/mol. The van der Waals surface area contributed by atoms with Crippen molar-refractivity contribution in [3.05, 3.63) is 83.5 Å². The molecule has 71 heavy (non-hydrogen) atoms. The Kier molecular flexibility index (Phi) is 30.9. The number of hydrogen-bond donors (Lipinski definition) is 5. The van der Waals surface area contributed by atoms with Gasteiger partial charge in [-0.25, -0.2) is 13.9 Å². The zero-order valence-corrected chi connectivity index (χ0v) is 43.5. The predicted octanol–water partition coefficient (Wildman–Crippen LogP) is 9.32. The number of aromatic nitrogens is 2. The molecule has 21 heteroatoms. The van der Waals surface area contributed by atoms with E-state index in [0.29, 0.717) is 25.4 Å². The quantitative estimate of drug-likeness (QED) is 0.0135. The summed E-state index contributed by atoms with van der Waals surface area (Å²) in [6.07, 6.45) is 34.8. The van der Waals surface area contributed by atoms with E-state index in [2.05, 4.69) is 71.8 Å². The number of carbonyl (C=O) groups is 2. The van der Waals surface area contributed by atoms with Crippen molar-refractivity contribution >= 4 is 33.4 Å². The van der Waals surface area contributed by atoms with Crippen molar-refractivity contribution in [2.75, 3.05) is 25.6 Å². The summed E-state index contributed by atoms with van der Waals surface area (Å²) in [4.78, 5) is 61.9. The number of carbonyl (C=O) groups excluding carboxylic acids is 2. The van der Waals surface area contributed by atoms with Crippen LogP contribution in [0.5, 0.6) is 0 Å². The molecule has 3 heterocycles. The predicted molar refractivity (Wildman–Crippen MR) is 270 cm³/mol. The van der Waals surface area contributed by atoms with Gasteiger partial charge < -0.3 is 44.7 Å². The van der Waals surface area contributed by atoms with Crippen LogP contribution >= 0.6 is 15.6 Å². The van der Waals surface area contributed by atoms with Gasteiger partial charge in [0.05, 0.1) is 25.4 Å². The molecule has 0 aromatic carbocycles. The Bertz CT molecular complexity index is 1990. The number of nitrogens with zero attached hydrogens (tertiary/aromatic N) is 2. The van der Waals surface area contributed by atoms with Crippen molar-refractivity contribution < 1.29 is 71.0 Å². The van der Waals surface area contributed by atoms with Crippen LogP contribution in [0, 0.1) is 0 Å². The van der Waals surface area contributed by atoms with Crippen molar-refractivity contribution in [2.45, 2.75) is 198 Å². The zero-order chi connectivity index (χ0) is 51.7. The normalized spacial score (nSPS) is 22.5. The third-order valence-corrected chi connectivity index (χ3v) is 14.1. The first-order chi connectivity index (χ1) is 34.1. The lowest BCUT2D eigenvalue weighted by atomic mass is 10.1. The molecule has 3 rings (SSSR count). The molecule has 402 valence electrons. The lowest BCUT2D eigenvalue weighted by molar-refractivity contribution is -0.161. The Labute approximate surface area is 419 Å². The van der Waals surface area contributed by atoms with E-state index in [1.54, 1.807) is 0 Å². The second-order valence-corrected chi connectivity index (χ2v) is 20.7. The van der Waals surface area contributed by atoms with E-state index in [4.69, 9.17) is 33.7 Å². The molecule has 19 nitrogen and oxygen atoms in total. The van der Waals surface area contributed by atoms with Gasteiger partial charge in [-0.2, -0.15) is 9.29 Å². The van der Waals surface area contributed by atoms with Gasteiger partial charge in [-0.1, -0.05) is 120 Å². The fourth-order valence-electron chi connectivity index (χ4n) is 7.38. The monoisotopic (exact) mass is 1040 g/mol. The zero-order valence-electron chi connectivity index (χ0n) is 41.7. The maximum atomic E-state index is 12.9. The van der Waals surface area contributed by atoms with Gasteiger partial charge in [-0.3, -0.25) is 23.2 Å². The highest BCUT2D eigenvalue weighted by Gasteiger charge is 2.46. The van der Waals surface area contributed by atoms with Gasteiger partial charge in [-0.15, -0.1) is 0 Å². The molecule has 0 aliphatic carbocycles. The number of nitrogen functional groups attached to an aromatic ring is 1. The SMILES string of the molecule is CCCCC/C=C\C/C=C\CCCCCCCC(=O)OC[C@H](COP(=O)(O)OP(=O)(O)OC[C@H]1O[C@@H](n2ccc(N)nc2=O)[C@H](O)[C@@H]1O)OC(=O)CCC/C=C\C/C=C\CC1OC1C/C=C\CCCCC. The number of ether oxygens (including phenoxy) is 4. The Hall–Kier alpha value is -3.58. The fourth-order valence-corrected chi connectivity index (χ4v) is 9.49. The molecular formula is C50H81N3O16P2. The molecule has 2 fully saturated rings. The highest BCUT2D eigenvalue weighted by Crippen LogP contribution is 2.60. The second kappa shape index (κ2) is 35.6. The molecule has 0 saturated carbocycles. The number of nitrogens with two attached hydrogens (primary N) is 1. The summed E-state index contributed by atoms with van der Waals surface area (Å²) in [5, 5.41) is 20.9. The number of anilines is 1. The highest BCUT2D eigenvalue weighted by molar-refractivity contribution is 7.61. The summed E-state index contributed by atoms with van der Waals surface area (Å²) in [6, 6.07) is 1.24. The van der Waals surface area contributed by atoms with Gasteiger partial charge in [0.25, 0.3) is 0 Å². The number of esters is 2. The summed E-state index contributed by atoms with van der Waals surface area (Å²) in [7, 11) is -10.9. The number of unbranched alkanes of at least 4 members (excludes halogenated alkanes) is 12. The molecule has 2 aliphatic heterocycles. The third kappa shape index (κ3) is 27.9. The number of rotatable bonds is 40. The van der Waals surface area contributed by atoms with E-state index in [9.17, 15) is 43.5 Å². The van der Waals surface area contributed by atoms with E-state index < -0.39 is 83.7 Å². The van der Waals surface area contributed by atoms with Crippen LogP contribution < -0.4 is 11.4 Å². The van der Waals surface area contributed by atoms with Crippen LogP contribution in [-0.2, 0) is 51.0 Å². The summed E-state index contributed by atoms with van der Waals surface area (Å²) < 4.78 is 62.5. The minimum atomic E-state index is -5.44. The molecule has 0 spiro atoms. The number of phosphoric acid groups is 2. The van der Waals surface area contributed by atoms with E-state index in [1.165, 1.54) is 44.6 Å². The summed E-state index contributed by atoms with van der Waals surface area (Å²) in [5.74, 6) is -1.39. The number of phosphoric ester groups is 2. The van der Waals surface area contributed by atoms with Crippen molar-refractivity contribution in [1.82, 2.24) is 9.55 Å². The minimum Gasteiger partial charge on any atom is -0.462 e. The van der Waals surface area contributed by atoms with E-state index >= 15 is 0 Å². The number of allylic oxidation sites excluding steroid dienone is 8. The molecular weight excluding hydrogens is 961 g/mol. The summed E-state index contributed by atoms with van der Waals surface area (Å²) >= 11 is 0. The maximum Gasteiger partial charge on any atom is 0.481 e. The van der Waals surface area contributed by atoms with Gasteiger partial charge in [0.2, 0.25) is 0 Å². The first kappa shape index (κ1) is 61.7. The Morgan fingerprint density at radius 3 is 1.86 bits per heavy atom. The van der Waals surface area contributed by atoms with Gasteiger partial charge >= 0.3 is 33.3 Å². The van der Waals surface area contributed by atoms with Crippen LogP contribution in [0.4, 0.5) is 5.82 Å². The van der Waals surface area contributed by atoms with Crippen molar-refractivity contribution in [1.29, 1.82) is 0 Å². The molecule has 4 unspecified atom stereocenters. The first-order valence-corrected chi connectivity index (χ1v) is 28.4. The topological polar surface area (TPSA) is 278 Å². The lowest BCUT2D eigenvalue weighted by Crippen LogP contribution is -2.36. The van der Waals surface area contributed by atoms with Crippen molar-refractivity contribution in [3.8, 4) is 0 Å². The Morgan fingerprint density at radius 1 is 0.690 bits per heavy atom. The third-order valence-electron chi connectivity index (χ3n) is 11.5. The molecule has 1 aromatic rings. The molecule has 2 saturated heterocycles. The largest absolute Gasteiger partial charge is 0.481 e. The molecule has 1 aromatic heterocycles. The average Bonchev–Trinajstić information content (AvgIpc) is 4.02. The second-order valence-electron chi connectivity index (χ2n) is 17.7. The Balaban J connectivity index is 1.42. The van der Waals surface area contributed by atoms with E-state index in [-0.39, 0.29) is 24.8 Å². The van der Waals surface area contributed by atoms with Crippen LogP contribution in [0.3, 0.4) is 0 Å². The van der Waals surface area contributed by atoms with Crippen LogP contribution in [0.2, 0.25) is 0 Å². The maximum absolute atomic E-state index is 12.9. The number of aliphatic hydroxyl groups is 2. The highest BCUT2D eigenvalue weighted by atomic mass is 31.3. The number of epoxide rings is 1. The van der Waals surface area contributed by atoms with Gasteiger partial charge in [0, 0.05) is 19.0 Å². The molecule has 6 N–H and O–H groups in total. The van der Waals surface area contributed by atoms with Gasteiger partial charge in [-0.05, 0) is 89.5 Å². The van der Waals surface area contributed by atoms with E-state index in [0.717, 1.165) is 81.4 Å². The Morgan fingerprint density at radius 2 is 1.23 bits per heavy atom. The molecule has 0 amide bonds. The van der Waals surface area contributed by atoms with Crippen molar-refractivity contribution in [2.24, 2.45) is 0 Å². The van der Waals surface area contributed by atoms with Crippen molar-refractivity contribution in [3.63, 3.8) is 0 Å². The lowest BCUT2D eigenvalue weighted by Gasteiger charge is -2.21. The van der Waals surface area contributed by atoms with E-state index in [1.807, 2.05) is 12.2 Å². The van der Waals surface area contributed by atoms with Crippen LogP contribution in [0.1, 0.15) is 161 Å². The first-order valence-electron chi connectivity index (χ1n) is 25.4. The van der Waals surface area contributed by atoms with Gasteiger partial charge in [0.15, 0.2) is 12.3 Å². The summed E-state index contributed by atoms with van der Waals surface area (Å²) in [6.45, 7) is 2.02. The van der Waals surface area contributed by atoms with Gasteiger partial charge in [0.1, 0.15) is 30.7 Å². The molecule has 9 atom stereocenters. The smallest absolute Gasteiger partial charge is 0.462 e. The molecule has 2 aliphatic rings. The van der Waals surface area contributed by atoms with Crippen LogP contribution in [-0.4, -0.2) is 97.9 Å². The fraction of sp³-hybridized carbons (Fsp3) is 0.680. The van der Waals surface area contributed by atoms with Crippen LogP contribution in [0.25, 0.3) is 0 Å². The number of aliphatic hydroxyl groups excluding tert-OH is 2. The summed E-state index contributed by atoms with van der Waals surface area (Å²) in [5.41, 5.74) is 4.58. The number of hydrogen-bond acceptors (Lipinski definition) is 16.